The van der Waals surface area contributed by atoms with Gasteiger partial charge in [0.15, 0.2) is 6.61 Å². The lowest BCUT2D eigenvalue weighted by atomic mass is 9.78. The Hall–Kier alpha value is -1.47. The second kappa shape index (κ2) is 7.83. The van der Waals surface area contributed by atoms with Crippen molar-refractivity contribution >= 4 is 18.3 Å². The number of hydrogen-bond acceptors (Lipinski definition) is 3. The van der Waals surface area contributed by atoms with Gasteiger partial charge < -0.3 is 15.0 Å². The van der Waals surface area contributed by atoms with Crippen LogP contribution in [0.3, 0.4) is 0 Å². The van der Waals surface area contributed by atoms with Crippen LogP contribution in [0.2, 0.25) is 0 Å². The first-order chi connectivity index (χ1) is 11.4. The van der Waals surface area contributed by atoms with Crippen LogP contribution in [0.1, 0.15) is 29.6 Å². The summed E-state index contributed by atoms with van der Waals surface area (Å²) in [6, 6.07) is 5.86. The van der Waals surface area contributed by atoms with Gasteiger partial charge in [-0.25, -0.2) is 0 Å². The number of rotatable bonds is 3. The number of likely N-dealkylation sites (tertiary alicyclic amines) is 1. The van der Waals surface area contributed by atoms with Crippen molar-refractivity contribution in [1.29, 1.82) is 0 Å². The monoisotopic (exact) mass is 378 g/mol. The molecular formula is C17H22ClF3N2O2. The summed E-state index contributed by atoms with van der Waals surface area (Å²) in [6.07, 6.45) is -1.20. The molecule has 25 heavy (non-hydrogen) atoms. The van der Waals surface area contributed by atoms with Gasteiger partial charge in [-0.05, 0) is 55.5 Å². The third kappa shape index (κ3) is 5.01. The van der Waals surface area contributed by atoms with Gasteiger partial charge in [0.1, 0.15) is 5.75 Å². The third-order valence-corrected chi connectivity index (χ3v) is 4.95. The van der Waals surface area contributed by atoms with Crippen molar-refractivity contribution in [2.24, 2.45) is 5.41 Å². The van der Waals surface area contributed by atoms with Crippen molar-refractivity contribution in [1.82, 2.24) is 10.2 Å². The molecule has 2 fully saturated rings. The Labute approximate surface area is 151 Å². The molecule has 1 N–H and O–H groups in total. The summed E-state index contributed by atoms with van der Waals surface area (Å²) in [5.74, 6) is 0.0386. The summed E-state index contributed by atoms with van der Waals surface area (Å²) >= 11 is 0. The van der Waals surface area contributed by atoms with Crippen molar-refractivity contribution in [2.75, 3.05) is 32.8 Å². The number of piperidine rings is 1. The van der Waals surface area contributed by atoms with Crippen LogP contribution in [-0.4, -0.2) is 49.8 Å². The normalized spacial score (nSPS) is 19.6. The molecule has 0 bridgehead atoms. The van der Waals surface area contributed by atoms with E-state index in [0.29, 0.717) is 11.0 Å². The summed E-state index contributed by atoms with van der Waals surface area (Å²) in [5, 5.41) is 3.39. The van der Waals surface area contributed by atoms with Crippen molar-refractivity contribution in [3.63, 3.8) is 0 Å². The first-order valence-corrected chi connectivity index (χ1v) is 8.17. The second-order valence-corrected chi connectivity index (χ2v) is 6.65. The van der Waals surface area contributed by atoms with Gasteiger partial charge >= 0.3 is 6.18 Å². The smallest absolute Gasteiger partial charge is 0.422 e. The third-order valence-electron chi connectivity index (χ3n) is 4.95. The highest BCUT2D eigenvalue weighted by Gasteiger charge is 2.38. The summed E-state index contributed by atoms with van der Waals surface area (Å²) in [6.45, 7) is 2.20. The molecule has 8 heteroatoms. The molecule has 0 atom stereocenters. The van der Waals surface area contributed by atoms with E-state index in [9.17, 15) is 18.0 Å². The van der Waals surface area contributed by atoms with Gasteiger partial charge in [-0.3, -0.25) is 4.79 Å². The minimum Gasteiger partial charge on any atom is -0.484 e. The lowest BCUT2D eigenvalue weighted by Crippen LogP contribution is -2.44. The quantitative estimate of drug-likeness (QED) is 0.877. The van der Waals surface area contributed by atoms with Crippen molar-refractivity contribution in [2.45, 2.75) is 25.4 Å². The molecule has 1 aromatic carbocycles. The number of ether oxygens (including phenoxy) is 1. The molecule has 3 rings (SSSR count). The summed E-state index contributed by atoms with van der Waals surface area (Å²) in [4.78, 5) is 14.3. The Kier molecular flexibility index (Phi) is 6.21. The maximum absolute atomic E-state index is 12.5. The largest absolute Gasteiger partial charge is 0.484 e. The molecule has 0 unspecified atom stereocenters. The highest BCUT2D eigenvalue weighted by molar-refractivity contribution is 5.94. The Morgan fingerprint density at radius 1 is 1.16 bits per heavy atom. The van der Waals surface area contributed by atoms with E-state index >= 15 is 0 Å². The lowest BCUT2D eigenvalue weighted by Gasteiger charge is -2.38. The minimum absolute atomic E-state index is 0. The zero-order chi connectivity index (χ0) is 17.2. The number of nitrogens with one attached hydrogen (secondary N) is 1. The van der Waals surface area contributed by atoms with E-state index < -0.39 is 12.8 Å². The van der Waals surface area contributed by atoms with Crippen LogP contribution in [0.15, 0.2) is 24.3 Å². The number of alkyl halides is 3. The van der Waals surface area contributed by atoms with E-state index in [1.807, 2.05) is 4.90 Å². The van der Waals surface area contributed by atoms with E-state index in [-0.39, 0.29) is 24.1 Å². The van der Waals surface area contributed by atoms with Crippen LogP contribution in [0.25, 0.3) is 0 Å². The Morgan fingerprint density at radius 2 is 1.80 bits per heavy atom. The first kappa shape index (κ1) is 19.8. The predicted octanol–water partition coefficient (Wildman–Crippen LogP) is 3.27. The topological polar surface area (TPSA) is 41.6 Å². The molecule has 140 valence electrons. The van der Waals surface area contributed by atoms with Gasteiger partial charge in [0, 0.05) is 25.2 Å². The fourth-order valence-corrected chi connectivity index (χ4v) is 3.45. The molecule has 0 saturated carbocycles. The molecule has 2 aliphatic heterocycles. The molecule has 2 heterocycles. The molecular weight excluding hydrogens is 357 g/mol. The van der Waals surface area contributed by atoms with E-state index in [1.54, 1.807) is 0 Å². The highest BCUT2D eigenvalue weighted by atomic mass is 35.5. The van der Waals surface area contributed by atoms with Gasteiger partial charge in [0.25, 0.3) is 5.91 Å². The lowest BCUT2D eigenvalue weighted by molar-refractivity contribution is -0.153. The Bertz CT molecular complexity index is 577. The molecule has 0 aromatic heterocycles. The van der Waals surface area contributed by atoms with Gasteiger partial charge in [0.2, 0.25) is 0 Å². The SMILES string of the molecule is Cl.O=C(c1ccc(OCC(F)(F)F)cc1)N1CCC2(CCNC2)CC1. The maximum atomic E-state index is 12.5. The number of carbonyl (C=O) groups is 1. The van der Waals surface area contributed by atoms with Crippen molar-refractivity contribution in [3.8, 4) is 5.75 Å². The van der Waals surface area contributed by atoms with E-state index in [4.69, 9.17) is 0 Å². The van der Waals surface area contributed by atoms with Gasteiger partial charge in [-0.1, -0.05) is 0 Å². The maximum Gasteiger partial charge on any atom is 0.422 e. The van der Waals surface area contributed by atoms with E-state index in [1.165, 1.54) is 30.7 Å². The Morgan fingerprint density at radius 3 is 2.32 bits per heavy atom. The molecule has 1 aromatic rings. The molecule has 1 amide bonds. The second-order valence-electron chi connectivity index (χ2n) is 6.65. The van der Waals surface area contributed by atoms with Crippen LogP contribution in [-0.2, 0) is 0 Å². The fraction of sp³-hybridized carbons (Fsp3) is 0.588. The van der Waals surface area contributed by atoms with Gasteiger partial charge in [-0.15, -0.1) is 12.4 Å². The number of halogens is 4. The van der Waals surface area contributed by atoms with Gasteiger partial charge in [-0.2, -0.15) is 13.2 Å². The zero-order valence-corrected chi connectivity index (χ0v) is 14.6. The van der Waals surface area contributed by atoms with E-state index in [2.05, 4.69) is 10.1 Å². The molecule has 0 radical (unpaired) electrons. The Balaban J connectivity index is 0.00000225. The zero-order valence-electron chi connectivity index (χ0n) is 13.8. The molecule has 4 nitrogen and oxygen atoms in total. The van der Waals surface area contributed by atoms with Crippen LogP contribution in [0, 0.1) is 5.41 Å². The molecule has 0 aliphatic carbocycles. The van der Waals surface area contributed by atoms with Crippen LogP contribution in [0.4, 0.5) is 13.2 Å². The molecule has 2 aliphatic rings. The fourth-order valence-electron chi connectivity index (χ4n) is 3.45. The number of hydrogen-bond donors (Lipinski definition) is 1. The number of benzene rings is 1. The highest BCUT2D eigenvalue weighted by Crippen LogP contribution is 2.37. The van der Waals surface area contributed by atoms with Crippen LogP contribution in [0.5, 0.6) is 5.75 Å². The summed E-state index contributed by atoms with van der Waals surface area (Å²) in [7, 11) is 0. The van der Waals surface area contributed by atoms with E-state index in [0.717, 1.165) is 39.0 Å². The average Bonchev–Trinajstić information content (AvgIpc) is 3.01. The first-order valence-electron chi connectivity index (χ1n) is 8.17. The molecule has 2 saturated heterocycles. The summed E-state index contributed by atoms with van der Waals surface area (Å²) < 4.78 is 41.0. The van der Waals surface area contributed by atoms with Crippen molar-refractivity contribution in [3.05, 3.63) is 29.8 Å². The standard InChI is InChI=1S/C17H21F3N2O2.ClH/c18-17(19,20)12-24-14-3-1-13(2-4-14)15(23)22-9-6-16(7-10-22)5-8-21-11-16;/h1-4,21H,5-12H2;1H. The predicted molar refractivity (Wildman–Crippen MR) is 90.3 cm³/mol. The minimum atomic E-state index is -4.37. The van der Waals surface area contributed by atoms with Gasteiger partial charge in [0.05, 0.1) is 0 Å². The number of nitrogens with zero attached hydrogens (tertiary/aromatic N) is 1. The number of carbonyl (C=O) groups excluding carboxylic acids is 1. The van der Waals surface area contributed by atoms with Crippen LogP contribution < -0.4 is 10.1 Å². The van der Waals surface area contributed by atoms with Crippen molar-refractivity contribution < 1.29 is 22.7 Å². The number of amides is 1. The summed E-state index contributed by atoms with van der Waals surface area (Å²) in [5.41, 5.74) is 0.821. The molecule has 1 spiro atoms. The van der Waals surface area contributed by atoms with Crippen LogP contribution >= 0.6 is 12.4 Å². The average molecular weight is 379 g/mol.